The third-order valence-electron chi connectivity index (χ3n) is 13.3. The van der Waals surface area contributed by atoms with E-state index in [9.17, 15) is 29.4 Å². The topological polar surface area (TPSA) is 192 Å². The highest BCUT2D eigenvalue weighted by molar-refractivity contribution is 5.89. The second-order valence-corrected chi connectivity index (χ2v) is 17.6. The Morgan fingerprint density at radius 3 is 2.37 bits per heavy atom. The van der Waals surface area contributed by atoms with Gasteiger partial charge in [0.2, 0.25) is 5.91 Å². The Morgan fingerprint density at radius 2 is 1.76 bits per heavy atom. The molecule has 1 unspecified atom stereocenters. The van der Waals surface area contributed by atoms with Crippen LogP contribution in [0.25, 0.3) is 0 Å². The van der Waals surface area contributed by atoms with Crippen LogP contribution in [-0.4, -0.2) is 125 Å². The number of esters is 3. The molecule has 2 saturated heterocycles. The molecule has 59 heavy (non-hydrogen) atoms. The molecule has 1 aromatic carbocycles. The molecule has 7 rings (SSSR count). The molecule has 5 aliphatic rings. The molecule has 4 fully saturated rings. The largest absolute Gasteiger partial charge is 0.456 e. The van der Waals surface area contributed by atoms with Crippen LogP contribution in [-0.2, 0) is 42.8 Å². The smallest absolute Gasteiger partial charge is 0.338 e. The predicted octanol–water partition coefficient (Wildman–Crippen LogP) is 3.18. The number of nitrogens with zero attached hydrogens (tertiary/aromatic N) is 2. The van der Waals surface area contributed by atoms with Gasteiger partial charge in [-0.15, -0.1) is 0 Å². The van der Waals surface area contributed by atoms with Gasteiger partial charge in [0.15, 0.2) is 18.0 Å². The average molecular weight is 824 g/mol. The first-order chi connectivity index (χ1) is 27.7. The third-order valence-corrected chi connectivity index (χ3v) is 13.3. The van der Waals surface area contributed by atoms with Crippen LogP contribution in [0.1, 0.15) is 82.9 Å². The lowest BCUT2D eigenvalue weighted by Crippen LogP contribution is -2.79. The minimum absolute atomic E-state index is 0.0479. The number of aliphatic hydroxyl groups is 2. The Balaban J connectivity index is 1.41. The zero-order valence-electron chi connectivity index (χ0n) is 34.6. The highest BCUT2D eigenvalue weighted by atomic mass is 19.1. The third kappa shape index (κ3) is 7.14. The fourth-order valence-corrected chi connectivity index (χ4v) is 10.6. The van der Waals surface area contributed by atoms with Crippen molar-refractivity contribution in [2.45, 2.75) is 121 Å². The first-order valence-corrected chi connectivity index (χ1v) is 20.0. The normalized spacial score (nSPS) is 35.4. The zero-order chi connectivity index (χ0) is 42.8. The van der Waals surface area contributed by atoms with Gasteiger partial charge >= 0.3 is 17.9 Å². The van der Waals surface area contributed by atoms with Crippen molar-refractivity contribution in [3.63, 3.8) is 0 Å². The van der Waals surface area contributed by atoms with E-state index in [0.717, 1.165) is 13.0 Å². The number of rotatable bonds is 10. The van der Waals surface area contributed by atoms with Gasteiger partial charge in [-0.25, -0.2) is 14.0 Å². The van der Waals surface area contributed by atoms with E-state index < -0.39 is 107 Å². The maximum atomic E-state index is 15.0. The van der Waals surface area contributed by atoms with Crippen molar-refractivity contribution in [1.29, 1.82) is 0 Å². The van der Waals surface area contributed by atoms with Crippen molar-refractivity contribution in [1.82, 2.24) is 15.2 Å². The number of hydrogen-bond acceptors (Lipinski definition) is 14. The van der Waals surface area contributed by atoms with Gasteiger partial charge in [-0.3, -0.25) is 14.6 Å². The van der Waals surface area contributed by atoms with Crippen LogP contribution in [0, 0.1) is 22.6 Å². The van der Waals surface area contributed by atoms with E-state index in [-0.39, 0.29) is 24.3 Å². The number of halogens is 1. The van der Waals surface area contributed by atoms with E-state index >= 15 is 4.39 Å². The van der Waals surface area contributed by atoms with Crippen molar-refractivity contribution >= 4 is 23.8 Å². The van der Waals surface area contributed by atoms with Gasteiger partial charge in [0, 0.05) is 43.8 Å². The molecule has 3 N–H and O–H groups in total. The summed E-state index contributed by atoms with van der Waals surface area (Å²) in [5.41, 5.74) is -4.93. The molecule has 0 radical (unpaired) electrons. The molecule has 2 aromatic rings. The maximum absolute atomic E-state index is 15.0. The predicted molar refractivity (Wildman–Crippen MR) is 205 cm³/mol. The molecule has 15 nitrogen and oxygen atoms in total. The van der Waals surface area contributed by atoms with Crippen LogP contribution < -0.4 is 5.32 Å². The molecule has 16 heteroatoms. The quantitative estimate of drug-likeness (QED) is 0.180. The van der Waals surface area contributed by atoms with Gasteiger partial charge in [-0.05, 0) is 69.3 Å². The highest BCUT2D eigenvalue weighted by Crippen LogP contribution is 2.66. The Labute approximate surface area is 342 Å². The molecule has 1 amide bonds. The van der Waals surface area contributed by atoms with Crippen LogP contribution in [0.15, 0.2) is 59.8 Å². The van der Waals surface area contributed by atoms with Gasteiger partial charge in [0.05, 0.1) is 24.2 Å². The number of benzene rings is 1. The van der Waals surface area contributed by atoms with Crippen LogP contribution in [0.5, 0.6) is 0 Å². The fourth-order valence-electron chi connectivity index (χ4n) is 10.6. The molecule has 0 spiro atoms. The van der Waals surface area contributed by atoms with Gasteiger partial charge < -0.3 is 48.9 Å². The molecule has 2 saturated carbocycles. The Kier molecular flexibility index (Phi) is 11.3. The molecule has 2 aliphatic heterocycles. The molecule has 12 atom stereocenters. The van der Waals surface area contributed by atoms with Crippen LogP contribution >= 0.6 is 0 Å². The summed E-state index contributed by atoms with van der Waals surface area (Å²) in [6.07, 6.45) is -6.07. The number of likely N-dealkylation sites (N-methyl/N-ethyl adjacent to an activating group) is 1. The number of hydrogen-bond donors (Lipinski definition) is 3. The summed E-state index contributed by atoms with van der Waals surface area (Å²) >= 11 is 0. The Hall–Kier alpha value is -4.32. The lowest BCUT2D eigenvalue weighted by molar-refractivity contribution is -0.345. The van der Waals surface area contributed by atoms with E-state index in [0.29, 0.717) is 30.5 Å². The fraction of sp³-hybridized carbons (Fsp3) is 0.605. The molecule has 1 aromatic heterocycles. The monoisotopic (exact) mass is 823 g/mol. The second-order valence-electron chi connectivity index (χ2n) is 17.6. The minimum atomic E-state index is -2.15. The number of nitrogens with one attached hydrogen (secondary N) is 1. The number of carbonyl (C=O) groups excluding carboxylic acids is 4. The lowest BCUT2D eigenvalue weighted by Gasteiger charge is -2.68. The van der Waals surface area contributed by atoms with Gasteiger partial charge in [0.25, 0.3) is 0 Å². The van der Waals surface area contributed by atoms with Crippen LogP contribution in [0.4, 0.5) is 4.39 Å². The van der Waals surface area contributed by atoms with Gasteiger partial charge in [-0.2, -0.15) is 0 Å². The number of amides is 1. The molecule has 3 aliphatic carbocycles. The number of aromatic nitrogens is 1. The van der Waals surface area contributed by atoms with E-state index in [1.165, 1.54) is 19.2 Å². The SMILES string of the molecule is CC(=O)N[C@@H](c1ncccc1F)[C@@H](O)C(=O)O[C@H]1C[C@@]2(O)[C@@H](OC(=O)c3ccccc3)[C@H]3[C@@](C)(CCC4OC[C@]43OC(C)=O)[C@@H]3O[C@H](CN(C)C)O[C@@H]3C(=C1C)C2(C)C. The molecular weight excluding hydrogens is 769 g/mol. The number of pyridine rings is 1. The van der Waals surface area contributed by atoms with Crippen molar-refractivity contribution in [3.05, 3.63) is 76.9 Å². The minimum Gasteiger partial charge on any atom is -0.456 e. The molecule has 3 heterocycles. The number of aliphatic hydroxyl groups excluding tert-OH is 1. The van der Waals surface area contributed by atoms with E-state index in [2.05, 4.69) is 10.3 Å². The molecule has 320 valence electrons. The Morgan fingerprint density at radius 1 is 1.05 bits per heavy atom. The van der Waals surface area contributed by atoms with Crippen molar-refractivity contribution < 1.29 is 62.2 Å². The Bertz CT molecular complexity index is 2010. The average Bonchev–Trinajstić information content (AvgIpc) is 3.56. The molecule has 2 bridgehead atoms. The van der Waals surface area contributed by atoms with Gasteiger partial charge in [-0.1, -0.05) is 39.0 Å². The summed E-state index contributed by atoms with van der Waals surface area (Å²) < 4.78 is 53.9. The second kappa shape index (κ2) is 15.6. The van der Waals surface area contributed by atoms with E-state index in [1.807, 2.05) is 25.9 Å². The number of ether oxygens (including phenoxy) is 6. The molecular formula is C43H54FN3O12. The van der Waals surface area contributed by atoms with Crippen molar-refractivity contribution in [2.24, 2.45) is 16.7 Å². The summed E-state index contributed by atoms with van der Waals surface area (Å²) in [6, 6.07) is 9.07. The number of fused-ring (bicyclic) bond motifs is 8. The highest BCUT2D eigenvalue weighted by Gasteiger charge is 2.77. The summed E-state index contributed by atoms with van der Waals surface area (Å²) in [4.78, 5) is 59.7. The van der Waals surface area contributed by atoms with Crippen molar-refractivity contribution in [3.8, 4) is 0 Å². The van der Waals surface area contributed by atoms with E-state index in [4.69, 9.17) is 28.4 Å². The van der Waals surface area contributed by atoms with Crippen LogP contribution in [0.3, 0.4) is 0 Å². The standard InChI is InChI=1S/C43H54FN3O12/c1-22-27(55-39(52)33(50)32(46-23(2)48)31-26(44)15-12-18-45-31)19-43(53)37(58-38(51)25-13-10-9-11-14-25)35-41(6,17-16-28-42(35,21-54-28)59-24(3)49)36-34(30(22)40(43,4)5)56-29(57-36)20-47(7)8/h9-15,18,27-29,32-37,50,53H,16-17,19-21H2,1-8H3,(H,46,48)/t27-,28?,29+,32-,33+,34+,35-,36+,37-,41+,42-,43+/m0/s1. The summed E-state index contributed by atoms with van der Waals surface area (Å²) in [7, 11) is 3.76. The van der Waals surface area contributed by atoms with Crippen LogP contribution in [0.2, 0.25) is 0 Å². The first kappa shape index (κ1) is 42.8. The zero-order valence-corrected chi connectivity index (χ0v) is 34.6. The van der Waals surface area contributed by atoms with E-state index in [1.54, 1.807) is 51.1 Å². The first-order valence-electron chi connectivity index (χ1n) is 20.0. The number of carbonyl (C=O) groups is 4. The summed E-state index contributed by atoms with van der Waals surface area (Å²) in [5, 5.41) is 27.7. The van der Waals surface area contributed by atoms with Crippen molar-refractivity contribution in [2.75, 3.05) is 27.2 Å². The lowest BCUT2D eigenvalue weighted by atomic mass is 9.45. The summed E-state index contributed by atoms with van der Waals surface area (Å²) in [6.45, 7) is 10.1. The maximum Gasteiger partial charge on any atom is 0.338 e. The van der Waals surface area contributed by atoms with Gasteiger partial charge in [0.1, 0.15) is 47.6 Å². The summed E-state index contributed by atoms with van der Waals surface area (Å²) in [5.74, 6) is -5.09.